The van der Waals surface area contributed by atoms with Gasteiger partial charge in [0.2, 0.25) is 11.8 Å². The summed E-state index contributed by atoms with van der Waals surface area (Å²) >= 11 is 0. The number of nitrogens with zero attached hydrogens (tertiary/aromatic N) is 5. The van der Waals surface area contributed by atoms with Gasteiger partial charge in [-0.15, -0.1) is 0 Å². The maximum absolute atomic E-state index is 13.8. The number of rotatable bonds is 15. The average molecular weight is 640 g/mol. The fraction of sp³-hybridized carbons (Fsp3) is 0.667. The predicted octanol–water partition coefficient (Wildman–Crippen LogP) is 4.97. The predicted molar refractivity (Wildman–Crippen MR) is 172 cm³/mol. The number of barbiturate groups is 1. The second-order valence-electron chi connectivity index (χ2n) is 14.3. The van der Waals surface area contributed by atoms with E-state index in [1.165, 1.54) is 14.5 Å². The largest absolute Gasteiger partial charge is 0.376 e. The van der Waals surface area contributed by atoms with Gasteiger partial charge >= 0.3 is 11.7 Å². The summed E-state index contributed by atoms with van der Waals surface area (Å²) in [5.41, 5.74) is 0.529. The van der Waals surface area contributed by atoms with Gasteiger partial charge in [-0.05, 0) is 56.6 Å². The van der Waals surface area contributed by atoms with E-state index >= 15 is 0 Å². The molecule has 0 spiro atoms. The molecule has 0 radical (unpaired) electrons. The molecule has 3 aliphatic rings. The van der Waals surface area contributed by atoms with Gasteiger partial charge in [0.25, 0.3) is 0 Å². The van der Waals surface area contributed by atoms with Crippen LogP contribution in [-0.4, -0.2) is 75.9 Å². The first-order valence-corrected chi connectivity index (χ1v) is 20.2. The molecule has 45 heavy (non-hydrogen) atoms. The smallest absolute Gasteiger partial charge is 0.348 e. The standard InChI is InChI=1S/C33H49N5O6Si/c1-5-17-35-28(39)20-29(40)38(32(35)42)27-13-15-33(16-14-27,23-44-21-25-9-7-6-8-10-25)22-36-30(26-11-12-26)34-37(31(36)41)24-43-18-19-45(2,3)4/h6-10,26-27H,5,11-24H2,1-4H3. The highest BCUT2D eigenvalue weighted by atomic mass is 28.3. The third-order valence-electron chi connectivity index (χ3n) is 9.25. The number of hydrogen-bond donors (Lipinski definition) is 0. The van der Waals surface area contributed by atoms with Crippen LogP contribution in [0.1, 0.15) is 75.6 Å². The summed E-state index contributed by atoms with van der Waals surface area (Å²) in [6.07, 6.45) is 4.90. The highest BCUT2D eigenvalue weighted by Gasteiger charge is 2.46. The lowest BCUT2D eigenvalue weighted by atomic mass is 9.72. The Morgan fingerprint density at radius 1 is 0.956 bits per heavy atom. The van der Waals surface area contributed by atoms with E-state index in [0.717, 1.165) is 30.3 Å². The molecule has 0 atom stereocenters. The van der Waals surface area contributed by atoms with Crippen LogP contribution in [0, 0.1) is 5.41 Å². The Kier molecular flexibility index (Phi) is 10.4. The first kappa shape index (κ1) is 33.3. The van der Waals surface area contributed by atoms with Gasteiger partial charge in [0, 0.05) is 45.1 Å². The van der Waals surface area contributed by atoms with Crippen LogP contribution in [0.2, 0.25) is 25.7 Å². The molecule has 246 valence electrons. The highest BCUT2D eigenvalue weighted by molar-refractivity contribution is 6.76. The SMILES string of the molecule is CCCN1C(=O)CC(=O)N(C2CCC(COCc3ccccc3)(Cn3c(C4CC4)nn(COCC[Si](C)(C)C)c3=O)CC2)C1=O. The van der Waals surface area contributed by atoms with E-state index in [1.54, 1.807) is 0 Å². The number of amides is 4. The molecule has 4 amide bonds. The highest BCUT2D eigenvalue weighted by Crippen LogP contribution is 2.43. The lowest BCUT2D eigenvalue weighted by Crippen LogP contribution is -2.59. The van der Waals surface area contributed by atoms with Gasteiger partial charge in [-0.25, -0.2) is 9.59 Å². The zero-order valence-electron chi connectivity index (χ0n) is 27.3. The van der Waals surface area contributed by atoms with Crippen molar-refractivity contribution in [3.8, 4) is 0 Å². The van der Waals surface area contributed by atoms with Crippen LogP contribution in [0.15, 0.2) is 35.1 Å². The number of benzene rings is 1. The van der Waals surface area contributed by atoms with Crippen LogP contribution in [0.25, 0.3) is 0 Å². The molecular weight excluding hydrogens is 590 g/mol. The average Bonchev–Trinajstić information content (AvgIpc) is 3.80. The monoisotopic (exact) mass is 639 g/mol. The van der Waals surface area contributed by atoms with Gasteiger partial charge < -0.3 is 9.47 Å². The first-order valence-electron chi connectivity index (χ1n) is 16.5. The van der Waals surface area contributed by atoms with Crippen LogP contribution >= 0.6 is 0 Å². The Morgan fingerprint density at radius 3 is 2.31 bits per heavy atom. The van der Waals surface area contributed by atoms with Gasteiger partial charge in [0.05, 0.1) is 13.2 Å². The molecular formula is C33H49N5O6Si. The van der Waals surface area contributed by atoms with Gasteiger partial charge in [-0.2, -0.15) is 9.78 Å². The van der Waals surface area contributed by atoms with E-state index in [0.29, 0.717) is 65.0 Å². The lowest BCUT2D eigenvalue weighted by molar-refractivity contribution is -0.145. The third kappa shape index (κ3) is 8.20. The second-order valence-corrected chi connectivity index (χ2v) is 19.9. The van der Waals surface area contributed by atoms with Crippen molar-refractivity contribution in [1.29, 1.82) is 0 Å². The van der Waals surface area contributed by atoms with Crippen molar-refractivity contribution in [2.45, 2.75) is 116 Å². The van der Waals surface area contributed by atoms with Crippen LogP contribution in [0.5, 0.6) is 0 Å². The summed E-state index contributed by atoms with van der Waals surface area (Å²) < 4.78 is 15.5. The number of carbonyl (C=O) groups is 3. The van der Waals surface area contributed by atoms with Crippen LogP contribution in [-0.2, 0) is 38.9 Å². The van der Waals surface area contributed by atoms with Crippen LogP contribution in [0.4, 0.5) is 4.79 Å². The van der Waals surface area contributed by atoms with E-state index in [-0.39, 0.29) is 36.2 Å². The molecule has 1 saturated heterocycles. The summed E-state index contributed by atoms with van der Waals surface area (Å²) in [5.74, 6) is 0.243. The van der Waals surface area contributed by atoms with Crippen molar-refractivity contribution in [3.63, 3.8) is 0 Å². The van der Waals surface area contributed by atoms with Crippen molar-refractivity contribution in [2.24, 2.45) is 5.41 Å². The Morgan fingerprint density at radius 2 is 1.67 bits per heavy atom. The van der Waals surface area contributed by atoms with Crippen molar-refractivity contribution in [1.82, 2.24) is 24.1 Å². The summed E-state index contributed by atoms with van der Waals surface area (Å²) in [7, 11) is -1.25. The van der Waals surface area contributed by atoms with E-state index in [2.05, 4.69) is 19.6 Å². The fourth-order valence-electron chi connectivity index (χ4n) is 6.44. The third-order valence-corrected chi connectivity index (χ3v) is 11.0. The van der Waals surface area contributed by atoms with Crippen LogP contribution < -0.4 is 5.69 Å². The minimum atomic E-state index is -1.25. The Labute approximate surface area is 266 Å². The normalized spacial score (nSPS) is 22.8. The number of imide groups is 2. The molecule has 2 aromatic rings. The molecule has 0 N–H and O–H groups in total. The number of ether oxygens (including phenoxy) is 2. The molecule has 1 aromatic heterocycles. The topological polar surface area (TPSA) is 116 Å². The molecule has 3 fully saturated rings. The van der Waals surface area contributed by atoms with Gasteiger partial charge in [0.1, 0.15) is 19.0 Å². The molecule has 5 rings (SSSR count). The van der Waals surface area contributed by atoms with Crippen molar-refractivity contribution in [3.05, 3.63) is 52.2 Å². The second kappa shape index (κ2) is 14.1. The van der Waals surface area contributed by atoms with Crippen LogP contribution in [0.3, 0.4) is 0 Å². The zero-order valence-corrected chi connectivity index (χ0v) is 28.3. The first-order chi connectivity index (χ1) is 21.5. The van der Waals surface area contributed by atoms with Crippen molar-refractivity contribution < 1.29 is 23.9 Å². The number of aromatic nitrogens is 3. The minimum absolute atomic E-state index is 0.141. The number of hydrogen-bond acceptors (Lipinski definition) is 7. The van der Waals surface area contributed by atoms with Gasteiger partial charge in [0.15, 0.2) is 0 Å². The van der Waals surface area contributed by atoms with E-state index in [1.807, 2.05) is 41.8 Å². The molecule has 12 heteroatoms. The Hall–Kier alpha value is -3.09. The van der Waals surface area contributed by atoms with E-state index in [9.17, 15) is 19.2 Å². The summed E-state index contributed by atoms with van der Waals surface area (Å²) in [6, 6.07) is 10.2. The molecule has 2 aliphatic carbocycles. The fourth-order valence-corrected chi connectivity index (χ4v) is 7.19. The van der Waals surface area contributed by atoms with Gasteiger partial charge in [-0.3, -0.25) is 24.0 Å². The molecule has 1 aliphatic heterocycles. The minimum Gasteiger partial charge on any atom is -0.376 e. The maximum Gasteiger partial charge on any atom is 0.348 e. The molecule has 0 bridgehead atoms. The lowest BCUT2D eigenvalue weighted by Gasteiger charge is -2.44. The zero-order chi connectivity index (χ0) is 32.2. The number of carbonyl (C=O) groups excluding carboxylic acids is 3. The molecule has 0 unspecified atom stereocenters. The summed E-state index contributed by atoms with van der Waals surface area (Å²) in [6.45, 7) is 11.2. The molecule has 2 saturated carbocycles. The number of urea groups is 1. The van der Waals surface area contributed by atoms with Crippen molar-refractivity contribution >= 4 is 25.9 Å². The maximum atomic E-state index is 13.8. The van der Waals surface area contributed by atoms with Crippen molar-refractivity contribution in [2.75, 3.05) is 19.8 Å². The van der Waals surface area contributed by atoms with E-state index in [4.69, 9.17) is 14.6 Å². The Bertz CT molecular complexity index is 1400. The summed E-state index contributed by atoms with van der Waals surface area (Å²) in [4.78, 5) is 54.9. The molecule has 11 nitrogen and oxygen atoms in total. The molecule has 2 heterocycles. The Balaban J connectivity index is 1.34. The quantitative estimate of drug-likeness (QED) is 0.154. The van der Waals surface area contributed by atoms with E-state index < -0.39 is 25.9 Å². The molecule has 1 aromatic carbocycles. The summed E-state index contributed by atoms with van der Waals surface area (Å²) in [5, 5.41) is 4.75. The van der Waals surface area contributed by atoms with Gasteiger partial charge in [-0.1, -0.05) is 56.9 Å².